The Balaban J connectivity index is 1.77. The largest absolute Gasteiger partial charge is 0.345 e. The summed E-state index contributed by atoms with van der Waals surface area (Å²) in [5.74, 6) is 0.844. The number of rotatable bonds is 2. The Morgan fingerprint density at radius 2 is 2.26 bits per heavy atom. The maximum atomic E-state index is 3.48. The zero-order chi connectivity index (χ0) is 12.8. The minimum atomic E-state index is 0.844. The van der Waals surface area contributed by atoms with E-state index in [1.165, 1.54) is 61.9 Å². The smallest absolute Gasteiger partial charge is 0.0515 e. The van der Waals surface area contributed by atoms with Gasteiger partial charge >= 0.3 is 0 Å². The van der Waals surface area contributed by atoms with Gasteiger partial charge in [0.05, 0.1) is 5.52 Å². The van der Waals surface area contributed by atoms with E-state index in [4.69, 9.17) is 0 Å². The molecule has 4 rings (SSSR count). The molecule has 1 atom stereocenters. The standard InChI is InChI=1S/C17H22N2/c1-12-7-16-10-14(8-13-4-5-18-11-13)9-15-3-2-6-19(12)17(15)16/h7,9-10,13,18H,2-6,8,11H2,1H3. The van der Waals surface area contributed by atoms with E-state index >= 15 is 0 Å². The van der Waals surface area contributed by atoms with Crippen molar-refractivity contribution < 1.29 is 0 Å². The zero-order valence-corrected chi connectivity index (χ0v) is 11.7. The summed E-state index contributed by atoms with van der Waals surface area (Å²) in [5.41, 5.74) is 6.07. The third kappa shape index (κ3) is 1.90. The van der Waals surface area contributed by atoms with Gasteiger partial charge in [-0.25, -0.2) is 0 Å². The van der Waals surface area contributed by atoms with Crippen LogP contribution >= 0.6 is 0 Å². The number of benzene rings is 1. The number of nitrogens with zero attached hydrogens (tertiary/aromatic N) is 1. The molecular weight excluding hydrogens is 232 g/mol. The Kier molecular flexibility index (Phi) is 2.66. The highest BCUT2D eigenvalue weighted by Gasteiger charge is 2.19. The van der Waals surface area contributed by atoms with Gasteiger partial charge in [0.15, 0.2) is 0 Å². The third-order valence-electron chi connectivity index (χ3n) is 4.85. The van der Waals surface area contributed by atoms with Crippen molar-refractivity contribution in [2.24, 2.45) is 5.92 Å². The van der Waals surface area contributed by atoms with Gasteiger partial charge < -0.3 is 9.88 Å². The van der Waals surface area contributed by atoms with E-state index in [2.05, 4.69) is 35.0 Å². The first-order chi connectivity index (χ1) is 9.31. The highest BCUT2D eigenvalue weighted by atomic mass is 15.0. The van der Waals surface area contributed by atoms with Crippen LogP contribution in [0.25, 0.3) is 10.9 Å². The van der Waals surface area contributed by atoms with Crippen LogP contribution in [0.2, 0.25) is 0 Å². The van der Waals surface area contributed by atoms with Gasteiger partial charge in [-0.1, -0.05) is 6.07 Å². The summed E-state index contributed by atoms with van der Waals surface area (Å²) in [4.78, 5) is 0. The van der Waals surface area contributed by atoms with Gasteiger partial charge in [0.1, 0.15) is 0 Å². The molecule has 0 saturated carbocycles. The fourth-order valence-electron chi connectivity index (χ4n) is 3.95. The van der Waals surface area contributed by atoms with Crippen LogP contribution in [0.15, 0.2) is 18.2 Å². The van der Waals surface area contributed by atoms with Crippen LogP contribution in [0.5, 0.6) is 0 Å². The van der Waals surface area contributed by atoms with Crippen LogP contribution in [0.3, 0.4) is 0 Å². The lowest BCUT2D eigenvalue weighted by molar-refractivity contribution is 0.579. The normalized spacial score (nSPS) is 22.3. The summed E-state index contributed by atoms with van der Waals surface area (Å²) in [6, 6.07) is 7.29. The summed E-state index contributed by atoms with van der Waals surface area (Å²) >= 11 is 0. The first kappa shape index (κ1) is 11.5. The van der Waals surface area contributed by atoms with E-state index in [-0.39, 0.29) is 0 Å². The van der Waals surface area contributed by atoms with E-state index in [0.29, 0.717) is 0 Å². The minimum absolute atomic E-state index is 0.844. The van der Waals surface area contributed by atoms with Crippen molar-refractivity contribution in [3.8, 4) is 0 Å². The Morgan fingerprint density at radius 1 is 1.32 bits per heavy atom. The number of aromatic nitrogens is 1. The van der Waals surface area contributed by atoms with E-state index < -0.39 is 0 Å². The second-order valence-electron chi connectivity index (χ2n) is 6.30. The van der Waals surface area contributed by atoms with Gasteiger partial charge in [0.25, 0.3) is 0 Å². The molecule has 1 fully saturated rings. The van der Waals surface area contributed by atoms with Crippen LogP contribution in [-0.2, 0) is 19.4 Å². The summed E-state index contributed by atoms with van der Waals surface area (Å²) in [6.07, 6.45) is 5.15. The second-order valence-corrected chi connectivity index (χ2v) is 6.30. The number of hydrogen-bond acceptors (Lipinski definition) is 1. The molecule has 100 valence electrons. The summed E-state index contributed by atoms with van der Waals surface area (Å²) in [6.45, 7) is 5.85. The first-order valence-corrected chi connectivity index (χ1v) is 7.63. The molecule has 0 aliphatic carbocycles. The molecule has 0 amide bonds. The van der Waals surface area contributed by atoms with Gasteiger partial charge in [-0.15, -0.1) is 0 Å². The average Bonchev–Trinajstić information content (AvgIpc) is 3.00. The Bertz CT molecular complexity index is 618. The van der Waals surface area contributed by atoms with E-state index in [0.717, 1.165) is 5.92 Å². The van der Waals surface area contributed by atoms with Crippen LogP contribution in [0, 0.1) is 12.8 Å². The number of nitrogens with one attached hydrogen (secondary N) is 1. The van der Waals surface area contributed by atoms with Crippen LogP contribution < -0.4 is 5.32 Å². The van der Waals surface area contributed by atoms with E-state index in [1.54, 1.807) is 11.1 Å². The predicted octanol–water partition coefficient (Wildman–Crippen LogP) is 3.05. The maximum Gasteiger partial charge on any atom is 0.0515 e. The van der Waals surface area contributed by atoms with Crippen molar-refractivity contribution in [3.05, 3.63) is 35.0 Å². The van der Waals surface area contributed by atoms with Crippen LogP contribution in [0.1, 0.15) is 29.7 Å². The molecule has 0 radical (unpaired) electrons. The lowest BCUT2D eigenvalue weighted by atomic mass is 9.94. The van der Waals surface area contributed by atoms with Crippen molar-refractivity contribution in [3.63, 3.8) is 0 Å². The molecule has 2 nitrogen and oxygen atoms in total. The molecule has 1 saturated heterocycles. The molecule has 1 aromatic carbocycles. The molecule has 2 aliphatic heterocycles. The van der Waals surface area contributed by atoms with Crippen molar-refractivity contribution >= 4 is 10.9 Å². The predicted molar refractivity (Wildman–Crippen MR) is 79.7 cm³/mol. The second kappa shape index (κ2) is 4.38. The average molecular weight is 254 g/mol. The van der Waals surface area contributed by atoms with Gasteiger partial charge in [0, 0.05) is 17.6 Å². The van der Waals surface area contributed by atoms with Gasteiger partial charge in [-0.3, -0.25) is 0 Å². The van der Waals surface area contributed by atoms with Crippen LogP contribution in [0.4, 0.5) is 0 Å². The van der Waals surface area contributed by atoms with Gasteiger partial charge in [0.2, 0.25) is 0 Å². The lowest BCUT2D eigenvalue weighted by Gasteiger charge is -2.18. The summed E-state index contributed by atoms with van der Waals surface area (Å²) in [5, 5.41) is 4.95. The fourth-order valence-corrected chi connectivity index (χ4v) is 3.95. The van der Waals surface area contributed by atoms with Crippen molar-refractivity contribution in [2.75, 3.05) is 13.1 Å². The molecule has 1 unspecified atom stereocenters. The Hall–Kier alpha value is -1.28. The van der Waals surface area contributed by atoms with Crippen molar-refractivity contribution in [1.29, 1.82) is 0 Å². The number of hydrogen-bond donors (Lipinski definition) is 1. The topological polar surface area (TPSA) is 17.0 Å². The van der Waals surface area contributed by atoms with Gasteiger partial charge in [-0.05, 0) is 74.9 Å². The fraction of sp³-hybridized carbons (Fsp3) is 0.529. The quantitative estimate of drug-likeness (QED) is 0.871. The molecule has 1 aromatic heterocycles. The molecule has 2 heteroatoms. The van der Waals surface area contributed by atoms with E-state index in [1.807, 2.05) is 0 Å². The molecule has 0 bridgehead atoms. The zero-order valence-electron chi connectivity index (χ0n) is 11.7. The minimum Gasteiger partial charge on any atom is -0.345 e. The highest BCUT2D eigenvalue weighted by Crippen LogP contribution is 2.31. The first-order valence-electron chi connectivity index (χ1n) is 7.63. The number of aryl methyl sites for hydroxylation is 3. The highest BCUT2D eigenvalue weighted by molar-refractivity contribution is 5.85. The SMILES string of the molecule is Cc1cc2cc(CC3CCNC3)cc3c2n1CCC3. The third-order valence-corrected chi connectivity index (χ3v) is 4.85. The molecule has 19 heavy (non-hydrogen) atoms. The van der Waals surface area contributed by atoms with Gasteiger partial charge in [-0.2, -0.15) is 0 Å². The Labute approximate surface area is 114 Å². The molecule has 2 aliphatic rings. The molecule has 3 heterocycles. The molecule has 0 spiro atoms. The lowest BCUT2D eigenvalue weighted by Crippen LogP contribution is -2.12. The molecular formula is C17H22N2. The molecule has 1 N–H and O–H groups in total. The van der Waals surface area contributed by atoms with E-state index in [9.17, 15) is 0 Å². The van der Waals surface area contributed by atoms with Crippen molar-refractivity contribution in [2.45, 2.75) is 39.2 Å². The monoisotopic (exact) mass is 254 g/mol. The Morgan fingerprint density at radius 3 is 3.11 bits per heavy atom. The van der Waals surface area contributed by atoms with Crippen LogP contribution in [-0.4, -0.2) is 17.7 Å². The summed E-state index contributed by atoms with van der Waals surface area (Å²) < 4.78 is 2.51. The molecule has 2 aromatic rings. The summed E-state index contributed by atoms with van der Waals surface area (Å²) in [7, 11) is 0. The maximum absolute atomic E-state index is 3.48. The van der Waals surface area contributed by atoms with Crippen molar-refractivity contribution in [1.82, 2.24) is 9.88 Å².